The molecule has 1 saturated heterocycles. The van der Waals surface area contributed by atoms with Crippen LogP contribution in [-0.2, 0) is 0 Å². The molecule has 8 heteroatoms. The van der Waals surface area contributed by atoms with Crippen molar-refractivity contribution >= 4 is 11.4 Å². The molecule has 24 heavy (non-hydrogen) atoms. The molecule has 0 spiro atoms. The fourth-order valence-electron chi connectivity index (χ4n) is 2.86. The number of anilines is 1. The number of rotatable bonds is 6. The van der Waals surface area contributed by atoms with Gasteiger partial charge in [-0.05, 0) is 19.2 Å². The number of hydrogen-bond acceptors (Lipinski definition) is 7. The lowest BCUT2D eigenvalue weighted by molar-refractivity contribution is -0.384. The van der Waals surface area contributed by atoms with Crippen molar-refractivity contribution in [3.8, 4) is 6.07 Å². The van der Waals surface area contributed by atoms with Crippen molar-refractivity contribution in [2.45, 2.75) is 6.10 Å². The summed E-state index contributed by atoms with van der Waals surface area (Å²) < 4.78 is 0. The number of aliphatic hydroxyl groups excluding tert-OH is 1. The van der Waals surface area contributed by atoms with E-state index in [4.69, 9.17) is 5.26 Å². The van der Waals surface area contributed by atoms with E-state index in [1.807, 2.05) is 6.07 Å². The molecular formula is C16H23N5O3. The Bertz CT molecular complexity index is 623. The Kier molecular flexibility index (Phi) is 6.09. The first-order valence-corrected chi connectivity index (χ1v) is 7.89. The van der Waals surface area contributed by atoms with Crippen LogP contribution in [0.4, 0.5) is 11.4 Å². The van der Waals surface area contributed by atoms with Crippen LogP contribution in [0, 0.1) is 21.4 Å². The molecule has 0 amide bonds. The van der Waals surface area contributed by atoms with Crippen LogP contribution in [0.2, 0.25) is 0 Å². The third kappa shape index (κ3) is 4.64. The van der Waals surface area contributed by atoms with Crippen LogP contribution in [0.3, 0.4) is 0 Å². The summed E-state index contributed by atoms with van der Waals surface area (Å²) in [6, 6.07) is 6.27. The minimum atomic E-state index is -0.603. The Morgan fingerprint density at radius 3 is 2.67 bits per heavy atom. The Hall–Kier alpha value is -2.21. The lowest BCUT2D eigenvalue weighted by Crippen LogP contribution is -2.48. The molecule has 1 aromatic rings. The van der Waals surface area contributed by atoms with Gasteiger partial charge in [0.15, 0.2) is 0 Å². The van der Waals surface area contributed by atoms with Gasteiger partial charge in [-0.25, -0.2) is 0 Å². The number of benzene rings is 1. The summed E-state index contributed by atoms with van der Waals surface area (Å²) in [5, 5.41) is 30.4. The molecule has 1 aromatic carbocycles. The third-order valence-corrected chi connectivity index (χ3v) is 4.26. The van der Waals surface area contributed by atoms with Gasteiger partial charge < -0.3 is 14.9 Å². The quantitative estimate of drug-likeness (QED) is 0.598. The van der Waals surface area contributed by atoms with Gasteiger partial charge in [0.1, 0.15) is 5.69 Å². The number of nitriles is 1. The molecule has 1 aliphatic heterocycles. The van der Waals surface area contributed by atoms with Crippen LogP contribution in [0.1, 0.15) is 5.56 Å². The molecule has 1 N–H and O–H groups in total. The summed E-state index contributed by atoms with van der Waals surface area (Å²) in [5.74, 6) is 0. The standard InChI is InChI=1S/C16H23N5O3/c1-18-5-7-20(8-6-18)12-14(22)11-19(2)15-4-3-13(10-17)9-16(15)21(23)24/h3-4,9,14,22H,5-8,11-12H2,1-2H3/t14-/m0/s1. The zero-order chi connectivity index (χ0) is 17.7. The summed E-state index contributed by atoms with van der Waals surface area (Å²) in [7, 11) is 3.78. The number of piperazine rings is 1. The van der Waals surface area contributed by atoms with Crippen LogP contribution >= 0.6 is 0 Å². The van der Waals surface area contributed by atoms with Gasteiger partial charge in [0.25, 0.3) is 5.69 Å². The lowest BCUT2D eigenvalue weighted by Gasteiger charge is -2.34. The number of hydrogen-bond donors (Lipinski definition) is 1. The van der Waals surface area contributed by atoms with E-state index in [9.17, 15) is 15.2 Å². The molecule has 1 atom stereocenters. The zero-order valence-electron chi connectivity index (χ0n) is 14.1. The van der Waals surface area contributed by atoms with Crippen LogP contribution in [-0.4, -0.2) is 79.3 Å². The average molecular weight is 333 g/mol. The molecule has 0 radical (unpaired) electrons. The maximum Gasteiger partial charge on any atom is 0.293 e. The molecule has 1 fully saturated rings. The van der Waals surface area contributed by atoms with E-state index in [1.54, 1.807) is 24.1 Å². The van der Waals surface area contributed by atoms with Crippen molar-refractivity contribution in [3.63, 3.8) is 0 Å². The zero-order valence-corrected chi connectivity index (χ0v) is 14.1. The van der Waals surface area contributed by atoms with Gasteiger partial charge in [-0.2, -0.15) is 5.26 Å². The number of nitro benzene ring substituents is 1. The summed E-state index contributed by atoms with van der Waals surface area (Å²) in [5.41, 5.74) is 0.525. The first-order chi connectivity index (χ1) is 11.4. The molecule has 8 nitrogen and oxygen atoms in total. The molecule has 1 aliphatic rings. The Balaban J connectivity index is 2.00. The van der Waals surface area contributed by atoms with Gasteiger partial charge in [-0.15, -0.1) is 0 Å². The second-order valence-electron chi connectivity index (χ2n) is 6.21. The summed E-state index contributed by atoms with van der Waals surface area (Å²) in [4.78, 5) is 16.8. The van der Waals surface area contributed by atoms with Gasteiger partial charge in [0.2, 0.25) is 0 Å². The van der Waals surface area contributed by atoms with Crippen molar-refractivity contribution in [2.75, 3.05) is 58.3 Å². The molecule has 130 valence electrons. The number of likely N-dealkylation sites (N-methyl/N-ethyl adjacent to an activating group) is 2. The van der Waals surface area contributed by atoms with E-state index in [0.717, 1.165) is 26.2 Å². The van der Waals surface area contributed by atoms with E-state index in [1.165, 1.54) is 6.07 Å². The average Bonchev–Trinajstić information content (AvgIpc) is 2.56. The highest BCUT2D eigenvalue weighted by atomic mass is 16.6. The third-order valence-electron chi connectivity index (χ3n) is 4.26. The fourth-order valence-corrected chi connectivity index (χ4v) is 2.86. The first-order valence-electron chi connectivity index (χ1n) is 7.89. The van der Waals surface area contributed by atoms with Gasteiger partial charge in [0, 0.05) is 52.4 Å². The summed E-state index contributed by atoms with van der Waals surface area (Å²) >= 11 is 0. The fraction of sp³-hybridized carbons (Fsp3) is 0.562. The van der Waals surface area contributed by atoms with E-state index in [-0.39, 0.29) is 11.3 Å². The monoisotopic (exact) mass is 333 g/mol. The number of nitro groups is 1. The largest absolute Gasteiger partial charge is 0.390 e. The highest BCUT2D eigenvalue weighted by molar-refractivity contribution is 5.65. The summed E-state index contributed by atoms with van der Waals surface area (Å²) in [6.07, 6.45) is -0.603. The van der Waals surface area contributed by atoms with E-state index in [0.29, 0.717) is 18.8 Å². The molecule has 2 rings (SSSR count). The van der Waals surface area contributed by atoms with Crippen LogP contribution in [0.5, 0.6) is 0 Å². The number of aliphatic hydroxyl groups is 1. The highest BCUT2D eigenvalue weighted by Crippen LogP contribution is 2.28. The molecule has 0 bridgehead atoms. The van der Waals surface area contributed by atoms with Crippen molar-refractivity contribution in [1.29, 1.82) is 5.26 Å². The van der Waals surface area contributed by atoms with Crippen molar-refractivity contribution in [1.82, 2.24) is 9.80 Å². The lowest BCUT2D eigenvalue weighted by atomic mass is 10.1. The predicted molar refractivity (Wildman–Crippen MR) is 91.0 cm³/mol. The Morgan fingerprint density at radius 2 is 2.08 bits per heavy atom. The minimum absolute atomic E-state index is 0.122. The molecular weight excluding hydrogens is 310 g/mol. The van der Waals surface area contributed by atoms with Crippen molar-refractivity contribution in [2.24, 2.45) is 0 Å². The minimum Gasteiger partial charge on any atom is -0.390 e. The molecule has 0 unspecified atom stereocenters. The van der Waals surface area contributed by atoms with E-state index < -0.39 is 11.0 Å². The van der Waals surface area contributed by atoms with E-state index >= 15 is 0 Å². The van der Waals surface area contributed by atoms with Crippen LogP contribution in [0.25, 0.3) is 0 Å². The smallest absolute Gasteiger partial charge is 0.293 e. The van der Waals surface area contributed by atoms with Gasteiger partial charge >= 0.3 is 0 Å². The Morgan fingerprint density at radius 1 is 1.42 bits per heavy atom. The second kappa shape index (κ2) is 8.06. The van der Waals surface area contributed by atoms with Crippen LogP contribution < -0.4 is 4.90 Å². The van der Waals surface area contributed by atoms with Gasteiger partial charge in [-0.3, -0.25) is 15.0 Å². The SMILES string of the molecule is CN1CCN(C[C@@H](O)CN(C)c2ccc(C#N)cc2[N+](=O)[O-])CC1. The highest BCUT2D eigenvalue weighted by Gasteiger charge is 2.22. The number of β-amino-alcohol motifs (C(OH)–C–C–N with tert-alkyl or cyclic N) is 1. The molecule has 1 heterocycles. The first kappa shape index (κ1) is 18.1. The molecule has 0 saturated carbocycles. The normalized spacial score (nSPS) is 17.2. The van der Waals surface area contributed by atoms with Crippen LogP contribution in [0.15, 0.2) is 18.2 Å². The van der Waals surface area contributed by atoms with Crippen molar-refractivity contribution in [3.05, 3.63) is 33.9 Å². The number of nitrogens with zero attached hydrogens (tertiary/aromatic N) is 5. The molecule has 0 aromatic heterocycles. The summed E-state index contributed by atoms with van der Waals surface area (Å²) in [6.45, 7) is 4.61. The van der Waals surface area contributed by atoms with Gasteiger partial charge in [-0.1, -0.05) is 0 Å². The van der Waals surface area contributed by atoms with Crippen molar-refractivity contribution < 1.29 is 10.0 Å². The maximum atomic E-state index is 11.2. The Labute approximate surface area is 141 Å². The molecule has 0 aliphatic carbocycles. The maximum absolute atomic E-state index is 11.2. The van der Waals surface area contributed by atoms with Gasteiger partial charge in [0.05, 0.1) is 22.7 Å². The predicted octanol–water partition coefficient (Wildman–Crippen LogP) is 0.511. The van der Waals surface area contributed by atoms with E-state index in [2.05, 4.69) is 16.8 Å². The topological polar surface area (TPSA) is 96.9 Å². The second-order valence-corrected chi connectivity index (χ2v) is 6.21.